The molecule has 1 aliphatic rings. The van der Waals surface area contributed by atoms with Crippen molar-refractivity contribution in [1.29, 1.82) is 0 Å². The molecule has 0 unspecified atom stereocenters. The van der Waals surface area contributed by atoms with Crippen LogP contribution in [0.4, 0.5) is 5.69 Å². The fourth-order valence-corrected chi connectivity index (χ4v) is 3.34. The minimum atomic E-state index is -0.205. The normalized spacial score (nSPS) is 13.4. The number of anilines is 1. The summed E-state index contributed by atoms with van der Waals surface area (Å²) >= 11 is 1.54. The molecule has 1 saturated carbocycles. The Bertz CT molecular complexity index is 974. The molecule has 2 N–H and O–H groups in total. The SMILES string of the molecule is Cc1oc(-c2cccs2)nc1CC(=O)Nc1cccc(C(=O)NC2CC2)c1. The highest BCUT2D eigenvalue weighted by molar-refractivity contribution is 7.13. The molecule has 2 heterocycles. The monoisotopic (exact) mass is 381 g/mol. The van der Waals surface area contributed by atoms with Crippen molar-refractivity contribution < 1.29 is 14.0 Å². The van der Waals surface area contributed by atoms with Crippen molar-refractivity contribution in [2.24, 2.45) is 0 Å². The number of hydrogen-bond acceptors (Lipinski definition) is 5. The predicted octanol–water partition coefficient (Wildman–Crippen LogP) is 3.78. The summed E-state index contributed by atoms with van der Waals surface area (Å²) in [5.74, 6) is 0.848. The number of oxazole rings is 1. The molecule has 1 aliphatic carbocycles. The predicted molar refractivity (Wildman–Crippen MR) is 104 cm³/mol. The Morgan fingerprint density at radius 2 is 2.11 bits per heavy atom. The third kappa shape index (κ3) is 4.25. The average Bonchev–Trinajstić information content (AvgIpc) is 3.15. The van der Waals surface area contributed by atoms with Crippen LogP contribution in [0, 0.1) is 6.92 Å². The van der Waals surface area contributed by atoms with Crippen LogP contribution in [0.15, 0.2) is 46.2 Å². The molecule has 0 spiro atoms. The van der Waals surface area contributed by atoms with Crippen molar-refractivity contribution in [3.05, 3.63) is 58.8 Å². The zero-order chi connectivity index (χ0) is 18.8. The van der Waals surface area contributed by atoms with E-state index in [0.717, 1.165) is 17.7 Å². The molecule has 3 aromatic rings. The van der Waals surface area contributed by atoms with Gasteiger partial charge in [-0.05, 0) is 49.4 Å². The lowest BCUT2D eigenvalue weighted by molar-refractivity contribution is -0.115. The molecule has 7 heteroatoms. The van der Waals surface area contributed by atoms with Gasteiger partial charge in [0, 0.05) is 17.3 Å². The van der Waals surface area contributed by atoms with Crippen LogP contribution < -0.4 is 10.6 Å². The van der Waals surface area contributed by atoms with Gasteiger partial charge in [-0.3, -0.25) is 9.59 Å². The number of benzene rings is 1. The van der Waals surface area contributed by atoms with E-state index in [0.29, 0.717) is 34.6 Å². The summed E-state index contributed by atoms with van der Waals surface area (Å²) in [6, 6.07) is 11.1. The summed E-state index contributed by atoms with van der Waals surface area (Å²) in [6.07, 6.45) is 2.18. The topological polar surface area (TPSA) is 84.2 Å². The van der Waals surface area contributed by atoms with Crippen molar-refractivity contribution in [3.63, 3.8) is 0 Å². The Kier molecular flexibility index (Phi) is 4.77. The Hall–Kier alpha value is -2.93. The first-order valence-corrected chi connectivity index (χ1v) is 9.67. The van der Waals surface area contributed by atoms with Crippen LogP contribution in [0.25, 0.3) is 10.8 Å². The zero-order valence-corrected chi connectivity index (χ0v) is 15.6. The second kappa shape index (κ2) is 7.36. The molecule has 4 rings (SSSR count). The van der Waals surface area contributed by atoms with E-state index >= 15 is 0 Å². The number of carbonyl (C=O) groups excluding carboxylic acids is 2. The number of aromatic nitrogens is 1. The van der Waals surface area contributed by atoms with Crippen LogP contribution in [0.2, 0.25) is 0 Å². The van der Waals surface area contributed by atoms with Crippen LogP contribution in [0.5, 0.6) is 0 Å². The van der Waals surface area contributed by atoms with Crippen molar-refractivity contribution in [3.8, 4) is 10.8 Å². The molecule has 2 amide bonds. The molecule has 138 valence electrons. The first-order chi connectivity index (χ1) is 13.1. The number of nitrogens with one attached hydrogen (secondary N) is 2. The van der Waals surface area contributed by atoms with Crippen molar-refractivity contribution in [2.45, 2.75) is 32.2 Å². The second-order valence-corrected chi connectivity index (χ2v) is 7.50. The molecule has 1 aromatic carbocycles. The first kappa shape index (κ1) is 17.5. The van der Waals surface area contributed by atoms with Crippen molar-refractivity contribution in [1.82, 2.24) is 10.3 Å². The van der Waals surface area contributed by atoms with Gasteiger partial charge in [-0.2, -0.15) is 0 Å². The van der Waals surface area contributed by atoms with Crippen LogP contribution in [0.3, 0.4) is 0 Å². The van der Waals surface area contributed by atoms with Crippen LogP contribution >= 0.6 is 11.3 Å². The molecule has 0 bridgehead atoms. The lowest BCUT2D eigenvalue weighted by atomic mass is 10.1. The molecular formula is C20H19N3O3S. The third-order valence-electron chi connectivity index (χ3n) is 4.27. The van der Waals surface area contributed by atoms with E-state index < -0.39 is 0 Å². The fourth-order valence-electron chi connectivity index (χ4n) is 2.69. The maximum absolute atomic E-state index is 12.4. The van der Waals surface area contributed by atoms with E-state index in [1.54, 1.807) is 31.2 Å². The summed E-state index contributed by atoms with van der Waals surface area (Å²) < 4.78 is 5.67. The number of thiophene rings is 1. The minimum Gasteiger partial charge on any atom is -0.440 e. The highest BCUT2D eigenvalue weighted by atomic mass is 32.1. The van der Waals surface area contributed by atoms with Gasteiger partial charge < -0.3 is 15.1 Å². The second-order valence-electron chi connectivity index (χ2n) is 6.55. The smallest absolute Gasteiger partial charge is 0.251 e. The standard InChI is InChI=1S/C20H19N3O3S/c1-12-16(23-20(26-12)17-6-3-9-27-17)11-18(24)21-15-5-2-4-13(10-15)19(25)22-14-7-8-14/h2-6,9-10,14H,7-8,11H2,1H3,(H,21,24)(H,22,25). The molecule has 0 radical (unpaired) electrons. The Morgan fingerprint density at radius 3 is 2.85 bits per heavy atom. The number of nitrogens with zero attached hydrogens (tertiary/aromatic N) is 1. The van der Waals surface area contributed by atoms with Gasteiger partial charge in [0.1, 0.15) is 5.76 Å². The Balaban J connectivity index is 1.41. The van der Waals surface area contributed by atoms with Gasteiger partial charge in [0.25, 0.3) is 5.91 Å². The number of carbonyl (C=O) groups is 2. The van der Waals surface area contributed by atoms with E-state index in [4.69, 9.17) is 4.42 Å². The number of rotatable bonds is 6. The fraction of sp³-hybridized carbons (Fsp3) is 0.250. The summed E-state index contributed by atoms with van der Waals surface area (Å²) in [5.41, 5.74) is 1.74. The van der Waals surface area contributed by atoms with Crippen LogP contribution in [-0.2, 0) is 11.2 Å². The van der Waals surface area contributed by atoms with Crippen LogP contribution in [-0.4, -0.2) is 22.8 Å². The van der Waals surface area contributed by atoms with E-state index in [1.807, 2.05) is 17.5 Å². The van der Waals surface area contributed by atoms with Crippen molar-refractivity contribution in [2.75, 3.05) is 5.32 Å². The largest absolute Gasteiger partial charge is 0.440 e. The van der Waals surface area contributed by atoms with E-state index in [2.05, 4.69) is 15.6 Å². The number of hydrogen-bond donors (Lipinski definition) is 2. The molecule has 27 heavy (non-hydrogen) atoms. The summed E-state index contributed by atoms with van der Waals surface area (Å²) in [6.45, 7) is 1.80. The maximum atomic E-state index is 12.4. The highest BCUT2D eigenvalue weighted by Gasteiger charge is 2.24. The van der Waals surface area contributed by atoms with Crippen LogP contribution in [0.1, 0.15) is 34.7 Å². The number of amides is 2. The Labute approximate surface area is 160 Å². The summed E-state index contributed by atoms with van der Waals surface area (Å²) in [5, 5.41) is 7.72. The maximum Gasteiger partial charge on any atom is 0.251 e. The summed E-state index contributed by atoms with van der Waals surface area (Å²) in [4.78, 5) is 29.9. The minimum absolute atomic E-state index is 0.110. The molecule has 0 aliphatic heterocycles. The lowest BCUT2D eigenvalue weighted by Gasteiger charge is -2.07. The van der Waals surface area contributed by atoms with Gasteiger partial charge in [-0.25, -0.2) is 4.98 Å². The van der Waals surface area contributed by atoms with Gasteiger partial charge >= 0.3 is 0 Å². The quantitative estimate of drug-likeness (QED) is 0.680. The van der Waals surface area contributed by atoms with Gasteiger partial charge in [0.2, 0.25) is 11.8 Å². The third-order valence-corrected chi connectivity index (χ3v) is 5.13. The average molecular weight is 381 g/mol. The molecule has 6 nitrogen and oxygen atoms in total. The number of aryl methyl sites for hydroxylation is 1. The molecule has 0 atom stereocenters. The van der Waals surface area contributed by atoms with Gasteiger partial charge in [-0.1, -0.05) is 12.1 Å². The van der Waals surface area contributed by atoms with E-state index in [-0.39, 0.29) is 18.2 Å². The molecular weight excluding hydrogens is 362 g/mol. The first-order valence-electron chi connectivity index (χ1n) is 8.79. The highest BCUT2D eigenvalue weighted by Crippen LogP contribution is 2.26. The molecule has 0 saturated heterocycles. The zero-order valence-electron chi connectivity index (χ0n) is 14.8. The van der Waals surface area contributed by atoms with Crippen molar-refractivity contribution >= 4 is 28.8 Å². The van der Waals surface area contributed by atoms with Gasteiger partial charge in [0.15, 0.2) is 0 Å². The van der Waals surface area contributed by atoms with Gasteiger partial charge in [0.05, 0.1) is 17.0 Å². The van der Waals surface area contributed by atoms with E-state index in [1.165, 1.54) is 11.3 Å². The lowest BCUT2D eigenvalue weighted by Crippen LogP contribution is -2.25. The molecule has 2 aromatic heterocycles. The molecule has 1 fully saturated rings. The van der Waals surface area contributed by atoms with E-state index in [9.17, 15) is 9.59 Å². The Morgan fingerprint density at radius 1 is 1.26 bits per heavy atom. The summed E-state index contributed by atoms with van der Waals surface area (Å²) in [7, 11) is 0. The van der Waals surface area contributed by atoms with Gasteiger partial charge in [-0.15, -0.1) is 11.3 Å².